The molecule has 0 aromatic heterocycles. The van der Waals surface area contributed by atoms with Crippen molar-refractivity contribution in [3.63, 3.8) is 0 Å². The van der Waals surface area contributed by atoms with Gasteiger partial charge in [0.05, 0.1) is 12.6 Å². The molecule has 18 heavy (non-hydrogen) atoms. The van der Waals surface area contributed by atoms with Gasteiger partial charge in [-0.05, 0) is 18.8 Å². The zero-order valence-electron chi connectivity index (χ0n) is 11.5. The van der Waals surface area contributed by atoms with Crippen LogP contribution in [0.4, 0.5) is 0 Å². The normalized spacial score (nSPS) is 11.7. The maximum absolute atomic E-state index is 10.3. The van der Waals surface area contributed by atoms with Crippen molar-refractivity contribution in [1.29, 1.82) is 0 Å². The largest absolute Gasteiger partial charge is 0.235 e. The van der Waals surface area contributed by atoms with Crippen molar-refractivity contribution in [3.05, 3.63) is 0 Å². The number of hydrogen-bond donors (Lipinski definition) is 0. The standard InChI is InChI=1S/C14H24N2O2/c1-13(2)14(16-12-18)9-7-5-3-4-6-8-10-15-11-17/h13-14H,3-10H2,1-2H3. The van der Waals surface area contributed by atoms with Gasteiger partial charge in [0, 0.05) is 0 Å². The molecule has 0 heterocycles. The summed E-state index contributed by atoms with van der Waals surface area (Å²) in [7, 11) is 0. The molecule has 0 amide bonds. The van der Waals surface area contributed by atoms with Gasteiger partial charge in [0.25, 0.3) is 0 Å². The van der Waals surface area contributed by atoms with Gasteiger partial charge in [-0.1, -0.05) is 46.0 Å². The van der Waals surface area contributed by atoms with Crippen LogP contribution in [0.3, 0.4) is 0 Å². The van der Waals surface area contributed by atoms with E-state index in [-0.39, 0.29) is 6.04 Å². The van der Waals surface area contributed by atoms with Gasteiger partial charge in [-0.15, -0.1) is 0 Å². The molecule has 1 atom stereocenters. The van der Waals surface area contributed by atoms with Crippen LogP contribution in [0, 0.1) is 5.92 Å². The predicted molar refractivity (Wildman–Crippen MR) is 72.1 cm³/mol. The Bertz CT molecular complexity index is 290. The minimum absolute atomic E-state index is 0.129. The van der Waals surface area contributed by atoms with E-state index in [1.807, 2.05) is 0 Å². The lowest BCUT2D eigenvalue weighted by molar-refractivity contribution is 0.437. The lowest BCUT2D eigenvalue weighted by Crippen LogP contribution is -2.12. The first-order chi connectivity index (χ1) is 8.72. The fourth-order valence-corrected chi connectivity index (χ4v) is 1.91. The van der Waals surface area contributed by atoms with Gasteiger partial charge in [-0.3, -0.25) is 0 Å². The summed E-state index contributed by atoms with van der Waals surface area (Å²) in [5.74, 6) is 0.410. The molecule has 0 fully saturated rings. The molecular formula is C14H24N2O2. The number of aliphatic imine (C=N–C) groups is 2. The molecule has 0 aliphatic carbocycles. The predicted octanol–water partition coefficient (Wildman–Crippen LogP) is 3.41. The number of nitrogens with zero attached hydrogens (tertiary/aromatic N) is 2. The molecule has 0 aliphatic heterocycles. The van der Waals surface area contributed by atoms with Crippen molar-refractivity contribution in [1.82, 2.24) is 0 Å². The monoisotopic (exact) mass is 252 g/mol. The van der Waals surface area contributed by atoms with E-state index in [2.05, 4.69) is 23.8 Å². The zero-order chi connectivity index (χ0) is 13.6. The summed E-state index contributed by atoms with van der Waals surface area (Å²) in [4.78, 5) is 27.4. The van der Waals surface area contributed by atoms with E-state index < -0.39 is 0 Å². The molecule has 0 spiro atoms. The molecule has 0 aliphatic rings. The van der Waals surface area contributed by atoms with Gasteiger partial charge in [0.1, 0.15) is 0 Å². The fourth-order valence-electron chi connectivity index (χ4n) is 1.91. The Balaban J connectivity index is 3.43. The second kappa shape index (κ2) is 12.2. The zero-order valence-corrected chi connectivity index (χ0v) is 11.5. The van der Waals surface area contributed by atoms with E-state index in [9.17, 15) is 9.59 Å². The summed E-state index contributed by atoms with van der Waals surface area (Å²) in [5, 5.41) is 0. The topological polar surface area (TPSA) is 58.9 Å². The molecule has 4 nitrogen and oxygen atoms in total. The second-order valence-corrected chi connectivity index (χ2v) is 4.91. The van der Waals surface area contributed by atoms with Crippen molar-refractivity contribution < 1.29 is 9.59 Å². The summed E-state index contributed by atoms with van der Waals surface area (Å²) in [6, 6.07) is 0.129. The van der Waals surface area contributed by atoms with Crippen molar-refractivity contribution >= 4 is 12.2 Å². The first-order valence-electron chi connectivity index (χ1n) is 6.83. The molecule has 0 N–H and O–H groups in total. The van der Waals surface area contributed by atoms with Gasteiger partial charge >= 0.3 is 0 Å². The van der Waals surface area contributed by atoms with Crippen LogP contribution >= 0.6 is 0 Å². The SMILES string of the molecule is CC(C)C(CCCCCCCCN=C=O)N=C=O. The van der Waals surface area contributed by atoms with Gasteiger partial charge in [-0.25, -0.2) is 19.6 Å². The Morgan fingerprint density at radius 3 is 2.06 bits per heavy atom. The van der Waals surface area contributed by atoms with Crippen LogP contribution < -0.4 is 0 Å². The fraction of sp³-hybridized carbons (Fsp3) is 0.857. The molecule has 0 bridgehead atoms. The minimum Gasteiger partial charge on any atom is -0.211 e. The number of unbranched alkanes of at least 4 members (excludes halogenated alkanes) is 5. The van der Waals surface area contributed by atoms with Crippen LogP contribution in [0.5, 0.6) is 0 Å². The Kier molecular flexibility index (Phi) is 11.4. The number of hydrogen-bond acceptors (Lipinski definition) is 4. The van der Waals surface area contributed by atoms with Crippen molar-refractivity contribution in [3.8, 4) is 0 Å². The molecule has 0 saturated carbocycles. The molecule has 0 aromatic rings. The van der Waals surface area contributed by atoms with E-state index >= 15 is 0 Å². The Morgan fingerprint density at radius 2 is 1.50 bits per heavy atom. The highest BCUT2D eigenvalue weighted by molar-refractivity contribution is 5.33. The maximum atomic E-state index is 10.3. The van der Waals surface area contributed by atoms with Crippen molar-refractivity contribution in [2.45, 2.75) is 64.8 Å². The molecule has 0 saturated heterocycles. The van der Waals surface area contributed by atoms with E-state index in [0.717, 1.165) is 25.7 Å². The van der Waals surface area contributed by atoms with Crippen LogP contribution in [0.2, 0.25) is 0 Å². The third kappa shape index (κ3) is 9.95. The van der Waals surface area contributed by atoms with Crippen molar-refractivity contribution in [2.75, 3.05) is 6.54 Å². The van der Waals surface area contributed by atoms with Crippen LogP contribution in [-0.4, -0.2) is 24.7 Å². The first-order valence-corrected chi connectivity index (χ1v) is 6.83. The molecule has 0 radical (unpaired) electrons. The Labute approximate surface area is 110 Å². The van der Waals surface area contributed by atoms with E-state index in [0.29, 0.717) is 12.5 Å². The highest BCUT2D eigenvalue weighted by Gasteiger charge is 2.10. The maximum Gasteiger partial charge on any atom is 0.235 e. The van der Waals surface area contributed by atoms with E-state index in [1.165, 1.54) is 19.3 Å². The van der Waals surface area contributed by atoms with E-state index in [4.69, 9.17) is 0 Å². The number of isocyanates is 2. The number of carbonyl (C=O) groups excluding carboxylic acids is 2. The Morgan fingerprint density at radius 1 is 0.889 bits per heavy atom. The summed E-state index contributed by atoms with van der Waals surface area (Å²) in [6.45, 7) is 4.77. The lowest BCUT2D eigenvalue weighted by atomic mass is 9.98. The third-order valence-electron chi connectivity index (χ3n) is 3.07. The lowest BCUT2D eigenvalue weighted by Gasteiger charge is -2.13. The molecule has 0 aromatic carbocycles. The quantitative estimate of drug-likeness (QED) is 0.321. The molecule has 4 heteroatoms. The second-order valence-electron chi connectivity index (χ2n) is 4.91. The van der Waals surface area contributed by atoms with Gasteiger partial charge in [0.2, 0.25) is 12.2 Å². The van der Waals surface area contributed by atoms with Crippen LogP contribution in [0.25, 0.3) is 0 Å². The molecular weight excluding hydrogens is 228 g/mol. The highest BCUT2D eigenvalue weighted by Crippen LogP contribution is 2.15. The van der Waals surface area contributed by atoms with Crippen molar-refractivity contribution in [2.24, 2.45) is 15.9 Å². The summed E-state index contributed by atoms with van der Waals surface area (Å²) in [6.07, 6.45) is 10.9. The smallest absolute Gasteiger partial charge is 0.211 e. The number of rotatable bonds is 11. The third-order valence-corrected chi connectivity index (χ3v) is 3.07. The van der Waals surface area contributed by atoms with Gasteiger partial charge in [0.15, 0.2) is 0 Å². The summed E-state index contributed by atoms with van der Waals surface area (Å²) in [5.41, 5.74) is 0. The van der Waals surface area contributed by atoms with Gasteiger partial charge < -0.3 is 0 Å². The van der Waals surface area contributed by atoms with E-state index in [1.54, 1.807) is 12.2 Å². The molecule has 102 valence electrons. The Hall–Kier alpha value is -1.24. The van der Waals surface area contributed by atoms with Crippen LogP contribution in [-0.2, 0) is 9.59 Å². The van der Waals surface area contributed by atoms with Crippen LogP contribution in [0.15, 0.2) is 9.98 Å². The average molecular weight is 252 g/mol. The van der Waals surface area contributed by atoms with Gasteiger partial charge in [-0.2, -0.15) is 0 Å². The summed E-state index contributed by atoms with van der Waals surface area (Å²) >= 11 is 0. The van der Waals surface area contributed by atoms with Crippen LogP contribution in [0.1, 0.15) is 58.8 Å². The highest BCUT2D eigenvalue weighted by atomic mass is 16.1. The molecule has 1 unspecified atom stereocenters. The minimum atomic E-state index is 0.129. The average Bonchev–Trinajstić information content (AvgIpc) is 2.35. The summed E-state index contributed by atoms with van der Waals surface area (Å²) < 4.78 is 0. The first kappa shape index (κ1) is 16.8. The molecule has 0 rings (SSSR count).